The monoisotopic (exact) mass is 378 g/mol. The zero-order valence-corrected chi connectivity index (χ0v) is 16.3. The molecule has 0 radical (unpaired) electrons. The van der Waals surface area contributed by atoms with E-state index in [-0.39, 0.29) is 5.41 Å². The molecule has 0 fully saturated rings. The van der Waals surface area contributed by atoms with Crippen molar-refractivity contribution in [2.75, 3.05) is 11.9 Å². The van der Waals surface area contributed by atoms with Crippen molar-refractivity contribution in [2.45, 2.75) is 19.3 Å². The van der Waals surface area contributed by atoms with Crippen LogP contribution in [0, 0.1) is 0 Å². The molecule has 2 aromatic carbocycles. The van der Waals surface area contributed by atoms with Crippen LogP contribution in [0.4, 0.5) is 5.82 Å². The zero-order valence-electron chi connectivity index (χ0n) is 15.5. The predicted octanol–water partition coefficient (Wildman–Crippen LogP) is 5.12. The first-order valence-electron chi connectivity index (χ1n) is 8.74. The molecule has 0 saturated heterocycles. The second kappa shape index (κ2) is 7.80. The van der Waals surface area contributed by atoms with Gasteiger partial charge in [0.15, 0.2) is 0 Å². The Morgan fingerprint density at radius 1 is 1.07 bits per heavy atom. The highest BCUT2D eigenvalue weighted by Gasteiger charge is 2.20. The standard InChI is InChI=1S/C22H23ClN4/c1-15(24)16-5-4-6-17(13-16)20-11-12-21(27-26-20)25-14-22(2,3)18-7-9-19(23)10-8-18/h4-13H,1,14,24H2,2-3H3,(H,25,27). The molecule has 3 aromatic rings. The molecule has 0 aliphatic heterocycles. The Morgan fingerprint density at radius 3 is 2.44 bits per heavy atom. The minimum absolute atomic E-state index is 0.0687. The van der Waals surface area contributed by atoms with Gasteiger partial charge in [-0.3, -0.25) is 0 Å². The summed E-state index contributed by atoms with van der Waals surface area (Å²) >= 11 is 5.98. The molecular weight excluding hydrogens is 356 g/mol. The zero-order chi connectivity index (χ0) is 19.4. The minimum atomic E-state index is -0.0687. The topological polar surface area (TPSA) is 63.8 Å². The Balaban J connectivity index is 1.70. The van der Waals surface area contributed by atoms with Gasteiger partial charge in [0.05, 0.1) is 5.69 Å². The molecular formula is C22H23ClN4. The summed E-state index contributed by atoms with van der Waals surface area (Å²) in [5.74, 6) is 0.736. The molecule has 3 N–H and O–H groups in total. The lowest BCUT2D eigenvalue weighted by atomic mass is 9.84. The Labute approximate surface area is 165 Å². The van der Waals surface area contributed by atoms with Gasteiger partial charge in [0.2, 0.25) is 0 Å². The van der Waals surface area contributed by atoms with Crippen LogP contribution in [-0.2, 0) is 5.41 Å². The van der Waals surface area contributed by atoms with E-state index in [1.807, 2.05) is 48.5 Å². The molecule has 0 saturated carbocycles. The molecule has 5 heteroatoms. The fraction of sp³-hybridized carbons (Fsp3) is 0.182. The molecule has 0 spiro atoms. The van der Waals surface area contributed by atoms with Crippen LogP contribution in [0.5, 0.6) is 0 Å². The molecule has 3 rings (SSSR count). The maximum atomic E-state index is 5.98. The number of rotatable bonds is 6. The van der Waals surface area contributed by atoms with E-state index in [4.69, 9.17) is 17.3 Å². The summed E-state index contributed by atoms with van der Waals surface area (Å²) in [4.78, 5) is 0. The van der Waals surface area contributed by atoms with Crippen molar-refractivity contribution in [3.8, 4) is 11.3 Å². The van der Waals surface area contributed by atoms with E-state index in [1.54, 1.807) is 0 Å². The van der Waals surface area contributed by atoms with Gasteiger partial charge in [-0.05, 0) is 41.5 Å². The molecule has 0 aliphatic carbocycles. The number of hydrogen-bond acceptors (Lipinski definition) is 4. The van der Waals surface area contributed by atoms with Crippen molar-refractivity contribution >= 4 is 23.1 Å². The van der Waals surface area contributed by atoms with Crippen LogP contribution in [0.3, 0.4) is 0 Å². The van der Waals surface area contributed by atoms with Gasteiger partial charge in [-0.15, -0.1) is 10.2 Å². The van der Waals surface area contributed by atoms with E-state index < -0.39 is 0 Å². The van der Waals surface area contributed by atoms with Crippen LogP contribution in [0.15, 0.2) is 67.2 Å². The second-order valence-electron chi connectivity index (χ2n) is 7.15. The third-order valence-electron chi connectivity index (χ3n) is 4.53. The van der Waals surface area contributed by atoms with Gasteiger partial charge in [-0.1, -0.05) is 62.4 Å². The molecule has 1 heterocycles. The van der Waals surface area contributed by atoms with Crippen molar-refractivity contribution in [3.05, 3.63) is 83.4 Å². The minimum Gasteiger partial charge on any atom is -0.399 e. The summed E-state index contributed by atoms with van der Waals surface area (Å²) in [7, 11) is 0. The number of nitrogens with two attached hydrogens (primary N) is 1. The number of aromatic nitrogens is 2. The van der Waals surface area contributed by atoms with Crippen LogP contribution >= 0.6 is 11.6 Å². The third-order valence-corrected chi connectivity index (χ3v) is 4.78. The van der Waals surface area contributed by atoms with Crippen molar-refractivity contribution in [2.24, 2.45) is 5.73 Å². The van der Waals surface area contributed by atoms with Crippen LogP contribution in [0.2, 0.25) is 5.02 Å². The van der Waals surface area contributed by atoms with Gasteiger partial charge < -0.3 is 11.1 Å². The highest BCUT2D eigenvalue weighted by Crippen LogP contribution is 2.25. The fourth-order valence-corrected chi connectivity index (χ4v) is 2.90. The fourth-order valence-electron chi connectivity index (χ4n) is 2.77. The van der Waals surface area contributed by atoms with Crippen molar-refractivity contribution in [1.29, 1.82) is 0 Å². The maximum absolute atomic E-state index is 5.98. The van der Waals surface area contributed by atoms with E-state index in [2.05, 4.69) is 48.1 Å². The summed E-state index contributed by atoms with van der Waals surface area (Å²) < 4.78 is 0. The van der Waals surface area contributed by atoms with Gasteiger partial charge in [-0.2, -0.15) is 0 Å². The Hall–Kier alpha value is -2.85. The number of anilines is 1. The third kappa shape index (κ3) is 4.66. The molecule has 27 heavy (non-hydrogen) atoms. The molecule has 0 bridgehead atoms. The van der Waals surface area contributed by atoms with Crippen LogP contribution in [0.25, 0.3) is 17.0 Å². The van der Waals surface area contributed by atoms with E-state index >= 15 is 0 Å². The second-order valence-corrected chi connectivity index (χ2v) is 7.59. The first kappa shape index (κ1) is 18.9. The van der Waals surface area contributed by atoms with Gasteiger partial charge in [-0.25, -0.2) is 0 Å². The lowest BCUT2D eigenvalue weighted by Gasteiger charge is -2.26. The van der Waals surface area contributed by atoms with E-state index in [0.717, 1.165) is 34.2 Å². The number of halogens is 1. The highest BCUT2D eigenvalue weighted by atomic mass is 35.5. The highest BCUT2D eigenvalue weighted by molar-refractivity contribution is 6.30. The van der Waals surface area contributed by atoms with Crippen LogP contribution in [-0.4, -0.2) is 16.7 Å². The summed E-state index contributed by atoms with van der Waals surface area (Å²) in [5.41, 5.74) is 10.1. The van der Waals surface area contributed by atoms with Crippen LogP contribution in [0.1, 0.15) is 25.0 Å². The number of hydrogen-bond donors (Lipinski definition) is 2. The van der Waals surface area contributed by atoms with E-state index in [9.17, 15) is 0 Å². The quantitative estimate of drug-likeness (QED) is 0.625. The summed E-state index contributed by atoms with van der Waals surface area (Å²) in [6.45, 7) is 8.86. The lowest BCUT2D eigenvalue weighted by Crippen LogP contribution is -2.27. The van der Waals surface area contributed by atoms with Crippen molar-refractivity contribution in [1.82, 2.24) is 10.2 Å². The average molecular weight is 379 g/mol. The van der Waals surface area contributed by atoms with Gasteiger partial charge >= 0.3 is 0 Å². The normalized spacial score (nSPS) is 11.2. The van der Waals surface area contributed by atoms with E-state index in [0.29, 0.717) is 5.70 Å². The van der Waals surface area contributed by atoms with Gasteiger partial charge in [0, 0.05) is 28.2 Å². The van der Waals surface area contributed by atoms with Crippen molar-refractivity contribution in [3.63, 3.8) is 0 Å². The summed E-state index contributed by atoms with van der Waals surface area (Å²) in [6.07, 6.45) is 0. The predicted molar refractivity (Wildman–Crippen MR) is 114 cm³/mol. The molecule has 138 valence electrons. The molecule has 1 aromatic heterocycles. The van der Waals surface area contributed by atoms with Crippen molar-refractivity contribution < 1.29 is 0 Å². The van der Waals surface area contributed by atoms with Gasteiger partial charge in [0.25, 0.3) is 0 Å². The average Bonchev–Trinajstić information content (AvgIpc) is 2.67. The molecule has 0 unspecified atom stereocenters. The number of benzene rings is 2. The number of nitrogens with one attached hydrogen (secondary N) is 1. The number of nitrogens with zero attached hydrogens (tertiary/aromatic N) is 2. The lowest BCUT2D eigenvalue weighted by molar-refractivity contribution is 0.556. The van der Waals surface area contributed by atoms with Crippen LogP contribution < -0.4 is 11.1 Å². The Morgan fingerprint density at radius 2 is 1.81 bits per heavy atom. The molecule has 0 amide bonds. The maximum Gasteiger partial charge on any atom is 0.148 e. The van der Waals surface area contributed by atoms with E-state index in [1.165, 1.54) is 5.56 Å². The SMILES string of the molecule is C=C(N)c1cccc(-c2ccc(NCC(C)(C)c3ccc(Cl)cc3)nn2)c1. The smallest absolute Gasteiger partial charge is 0.148 e. The first-order chi connectivity index (χ1) is 12.8. The summed E-state index contributed by atoms with van der Waals surface area (Å²) in [5, 5.41) is 12.7. The Bertz CT molecular complexity index is 931. The molecule has 0 aliphatic rings. The summed E-state index contributed by atoms with van der Waals surface area (Å²) in [6, 6.07) is 19.6. The molecule has 0 atom stereocenters. The first-order valence-corrected chi connectivity index (χ1v) is 9.12. The Kier molecular flexibility index (Phi) is 5.47. The molecule has 4 nitrogen and oxygen atoms in total. The van der Waals surface area contributed by atoms with Gasteiger partial charge in [0.1, 0.15) is 5.82 Å². The largest absolute Gasteiger partial charge is 0.399 e.